The topological polar surface area (TPSA) is 11.3 Å². The molecule has 0 aliphatic carbocycles. The van der Waals surface area contributed by atoms with E-state index in [1.54, 1.807) is 6.26 Å². The molecule has 0 unspecified atom stereocenters. The quantitative estimate of drug-likeness (QED) is 0.378. The normalized spacial score (nSPS) is 10.9. The molecule has 0 N–H and O–H groups in total. The molecule has 1 nitrogen and oxygen atoms in total. The highest BCUT2D eigenvalue weighted by atomic mass is 16.3. The van der Waals surface area contributed by atoms with Gasteiger partial charge in [0.25, 0.3) is 0 Å². The number of benzene rings is 2. The van der Waals surface area contributed by atoms with E-state index in [9.17, 15) is 0 Å². The molecule has 66 valence electrons. The van der Waals surface area contributed by atoms with Gasteiger partial charge in [-0.25, -0.2) is 4.42 Å². The van der Waals surface area contributed by atoms with E-state index >= 15 is 0 Å². The molecule has 0 amide bonds. The van der Waals surface area contributed by atoms with Gasteiger partial charge in [-0.2, -0.15) is 0 Å². The van der Waals surface area contributed by atoms with Crippen LogP contribution in [-0.2, 0) is 0 Å². The molecule has 14 heavy (non-hydrogen) atoms. The van der Waals surface area contributed by atoms with E-state index in [1.165, 1.54) is 10.8 Å². The molecule has 3 aromatic rings. The average Bonchev–Trinajstić information content (AvgIpc) is 2.29. The predicted molar refractivity (Wildman–Crippen MR) is 58.1 cm³/mol. The third-order valence-electron chi connectivity index (χ3n) is 2.45. The highest BCUT2D eigenvalue weighted by molar-refractivity contribution is 6.03. The van der Waals surface area contributed by atoms with Gasteiger partial charge in [-0.3, -0.25) is 0 Å². The van der Waals surface area contributed by atoms with Crippen LogP contribution in [0.4, 0.5) is 0 Å². The molecular formula is C13H9O+. The Bertz CT molecular complexity index is 544. The Labute approximate surface area is 81.6 Å². The van der Waals surface area contributed by atoms with Crippen LogP contribution in [0.3, 0.4) is 0 Å². The summed E-state index contributed by atoms with van der Waals surface area (Å²) in [6.07, 6.45) is 1.72. The molecular weight excluding hydrogens is 172 g/mol. The van der Waals surface area contributed by atoms with Gasteiger partial charge in [-0.1, -0.05) is 24.3 Å². The van der Waals surface area contributed by atoms with Crippen LogP contribution in [0, 0.1) is 0 Å². The van der Waals surface area contributed by atoms with Crippen molar-refractivity contribution in [2.75, 3.05) is 0 Å². The second-order valence-electron chi connectivity index (χ2n) is 3.32. The van der Waals surface area contributed by atoms with Crippen LogP contribution in [0.5, 0.6) is 0 Å². The molecule has 0 atom stereocenters. The summed E-state index contributed by atoms with van der Waals surface area (Å²) in [5.41, 5.74) is 0.964. The van der Waals surface area contributed by atoms with Crippen molar-refractivity contribution in [2.24, 2.45) is 0 Å². The summed E-state index contributed by atoms with van der Waals surface area (Å²) in [4.78, 5) is 0. The molecule has 0 aliphatic rings. The average molecular weight is 181 g/mol. The van der Waals surface area contributed by atoms with Crippen molar-refractivity contribution in [2.45, 2.75) is 0 Å². The first-order chi connectivity index (χ1) is 6.95. The van der Waals surface area contributed by atoms with E-state index in [1.807, 2.05) is 18.2 Å². The molecule has 0 bridgehead atoms. The monoisotopic (exact) mass is 181 g/mol. The maximum absolute atomic E-state index is 5.52. The van der Waals surface area contributed by atoms with Crippen LogP contribution >= 0.6 is 0 Å². The second-order valence-corrected chi connectivity index (χ2v) is 3.32. The van der Waals surface area contributed by atoms with Gasteiger partial charge >= 0.3 is 11.8 Å². The predicted octanol–water partition coefficient (Wildman–Crippen LogP) is 3.87. The van der Waals surface area contributed by atoms with Crippen LogP contribution in [0.2, 0.25) is 0 Å². The summed E-state index contributed by atoms with van der Waals surface area (Å²) in [6, 6.07) is 16.4. The van der Waals surface area contributed by atoms with Crippen molar-refractivity contribution in [1.29, 1.82) is 0 Å². The van der Waals surface area contributed by atoms with Crippen LogP contribution in [0.1, 0.15) is 0 Å². The third-order valence-corrected chi connectivity index (χ3v) is 2.45. The zero-order valence-corrected chi connectivity index (χ0v) is 7.60. The Morgan fingerprint density at radius 1 is 0.714 bits per heavy atom. The van der Waals surface area contributed by atoms with Gasteiger partial charge in [0.2, 0.25) is 0 Å². The zero-order valence-electron chi connectivity index (χ0n) is 7.60. The van der Waals surface area contributed by atoms with Gasteiger partial charge in [0.1, 0.15) is 0 Å². The third kappa shape index (κ3) is 0.990. The molecule has 0 spiro atoms. The second kappa shape index (κ2) is 2.81. The Balaban J connectivity index is 2.61. The first-order valence-electron chi connectivity index (χ1n) is 4.63. The minimum atomic E-state index is 0.964. The molecule has 0 saturated carbocycles. The maximum atomic E-state index is 5.52. The number of rotatable bonds is 0. The van der Waals surface area contributed by atoms with Crippen LogP contribution in [-0.4, -0.2) is 0 Å². The SMILES string of the molecule is c1ccc2c(c1)ccc1ccc[o+]c12. The highest BCUT2D eigenvalue weighted by Crippen LogP contribution is 2.24. The van der Waals surface area contributed by atoms with E-state index in [0.29, 0.717) is 0 Å². The lowest BCUT2D eigenvalue weighted by atomic mass is 10.1. The van der Waals surface area contributed by atoms with Crippen molar-refractivity contribution in [3.05, 3.63) is 54.8 Å². The van der Waals surface area contributed by atoms with Crippen LogP contribution in [0.25, 0.3) is 21.7 Å². The molecule has 0 saturated heterocycles. The van der Waals surface area contributed by atoms with Gasteiger partial charge < -0.3 is 0 Å². The summed E-state index contributed by atoms with van der Waals surface area (Å²) in [6.45, 7) is 0. The van der Waals surface area contributed by atoms with E-state index in [4.69, 9.17) is 4.42 Å². The molecule has 0 radical (unpaired) electrons. The lowest BCUT2D eigenvalue weighted by Crippen LogP contribution is -1.75. The Morgan fingerprint density at radius 2 is 1.50 bits per heavy atom. The Morgan fingerprint density at radius 3 is 2.50 bits per heavy atom. The number of hydrogen-bond acceptors (Lipinski definition) is 0. The minimum absolute atomic E-state index is 0.964. The van der Waals surface area contributed by atoms with Crippen molar-refractivity contribution in [3.8, 4) is 0 Å². The van der Waals surface area contributed by atoms with E-state index in [2.05, 4.69) is 30.3 Å². The summed E-state index contributed by atoms with van der Waals surface area (Å²) >= 11 is 0. The largest absolute Gasteiger partial charge is 0.367 e. The van der Waals surface area contributed by atoms with E-state index in [-0.39, 0.29) is 0 Å². The first kappa shape index (κ1) is 7.51. The van der Waals surface area contributed by atoms with Gasteiger partial charge in [-0.05, 0) is 23.6 Å². The van der Waals surface area contributed by atoms with Gasteiger partial charge in [0.05, 0.1) is 10.8 Å². The molecule has 3 rings (SSSR count). The summed E-state index contributed by atoms with van der Waals surface area (Å²) in [7, 11) is 0. The van der Waals surface area contributed by atoms with Crippen molar-refractivity contribution >= 4 is 21.7 Å². The minimum Gasteiger partial charge on any atom is -0.215 e. The maximum Gasteiger partial charge on any atom is 0.367 e. The molecule has 0 fully saturated rings. The summed E-state index contributed by atoms with van der Waals surface area (Å²) in [5.74, 6) is 0. The number of fused-ring (bicyclic) bond motifs is 3. The van der Waals surface area contributed by atoms with Gasteiger partial charge in [0.15, 0.2) is 0 Å². The van der Waals surface area contributed by atoms with E-state index < -0.39 is 0 Å². The Kier molecular flexibility index (Phi) is 1.51. The first-order valence-corrected chi connectivity index (χ1v) is 4.63. The van der Waals surface area contributed by atoms with Crippen LogP contribution < -0.4 is 0 Å². The molecule has 1 heteroatoms. The van der Waals surface area contributed by atoms with Crippen molar-refractivity contribution in [1.82, 2.24) is 0 Å². The van der Waals surface area contributed by atoms with Gasteiger partial charge in [-0.15, -0.1) is 0 Å². The van der Waals surface area contributed by atoms with E-state index in [0.717, 1.165) is 11.0 Å². The fourth-order valence-corrected chi connectivity index (χ4v) is 1.77. The van der Waals surface area contributed by atoms with Crippen LogP contribution in [0.15, 0.2) is 59.2 Å². The highest BCUT2D eigenvalue weighted by Gasteiger charge is 2.08. The molecule has 0 aliphatic heterocycles. The molecule has 1 heterocycles. The Hall–Kier alpha value is -1.89. The van der Waals surface area contributed by atoms with Crippen molar-refractivity contribution < 1.29 is 4.42 Å². The summed E-state index contributed by atoms with van der Waals surface area (Å²) in [5, 5.41) is 3.53. The lowest BCUT2D eigenvalue weighted by molar-refractivity contribution is 0.607. The smallest absolute Gasteiger partial charge is 0.215 e. The van der Waals surface area contributed by atoms with Crippen molar-refractivity contribution in [3.63, 3.8) is 0 Å². The standard InChI is InChI=1S/C13H9O/c1-2-6-12-10(4-1)7-8-11-5-3-9-14-13(11)12/h1-9H/q+1. The molecule has 2 aromatic carbocycles. The fourth-order valence-electron chi connectivity index (χ4n) is 1.77. The summed E-state index contributed by atoms with van der Waals surface area (Å²) < 4.78 is 5.52. The number of hydrogen-bond donors (Lipinski definition) is 0. The fraction of sp³-hybridized carbons (Fsp3) is 0. The zero-order chi connectivity index (χ0) is 9.38. The lowest BCUT2D eigenvalue weighted by Gasteiger charge is -1.94. The molecule has 1 aromatic heterocycles. The van der Waals surface area contributed by atoms with Gasteiger partial charge in [0, 0.05) is 6.07 Å².